The van der Waals surface area contributed by atoms with E-state index in [-0.39, 0.29) is 43.8 Å². The molecule has 2 aliphatic rings. The monoisotopic (exact) mass is 890 g/mol. The van der Waals surface area contributed by atoms with Gasteiger partial charge in [0.15, 0.2) is 0 Å². The number of hydrogen-bond donors (Lipinski definition) is 3. The van der Waals surface area contributed by atoms with Crippen molar-refractivity contribution in [3.05, 3.63) is 31.6 Å². The van der Waals surface area contributed by atoms with Gasteiger partial charge < -0.3 is 29.6 Å². The summed E-state index contributed by atoms with van der Waals surface area (Å²) >= 11 is 9.63. The van der Waals surface area contributed by atoms with Gasteiger partial charge in [-0.15, -0.1) is 22.7 Å². The van der Waals surface area contributed by atoms with E-state index in [1.807, 2.05) is 46.9 Å². The average Bonchev–Trinajstić information content (AvgIpc) is 3.72. The first-order valence-electron chi connectivity index (χ1n) is 17.6. The SMILES string of the molecule is C.CC(C)OC(=O)N[C@@H]1CC[C@@H](c2ncc(Br)s2)N(C(=O)OC(C)(C)C)C1.CC(C)OC(=O)N[C@@H]1CC[C@@H](c2nccs2)N(C(=O)OC(C)(C)C)C1.[B]=NS. The van der Waals surface area contributed by atoms with Crippen LogP contribution in [-0.2, 0) is 18.9 Å². The number of alkyl carbamates (subject to hydrolysis) is 2. The van der Waals surface area contributed by atoms with Crippen molar-refractivity contribution in [1.82, 2.24) is 30.4 Å². The molecule has 309 valence electrons. The van der Waals surface area contributed by atoms with Crippen molar-refractivity contribution in [2.24, 2.45) is 4.30 Å². The van der Waals surface area contributed by atoms with Crippen molar-refractivity contribution in [1.29, 1.82) is 0 Å². The van der Waals surface area contributed by atoms with Gasteiger partial charge in [-0.1, -0.05) is 7.43 Å². The van der Waals surface area contributed by atoms with E-state index in [1.165, 1.54) is 22.7 Å². The second kappa shape index (κ2) is 23.3. The standard InChI is InChI=1S/C17H26BrN3O4S.C17H27N3O4S.CH4.BHNS/c1-10(2)24-15(22)20-11-6-7-12(14-19-8-13(18)26-14)21(9-11)16(23)25-17(3,4)5;1-11(2)23-15(21)19-12-6-7-13(14-18-8-9-25-14)20(10-12)16(22)24-17(3,4)5;;1-2-3/h8,10-12H,6-7,9H2,1-5H3,(H,20,22);8-9,11-13H,6-7,10H2,1-5H3,(H,19,21);1H4;3H/t11-,12+;12-,13+;;/m11../s1. The third-order valence-electron chi connectivity index (χ3n) is 7.27. The molecule has 2 aromatic heterocycles. The van der Waals surface area contributed by atoms with Crippen molar-refractivity contribution < 1.29 is 38.1 Å². The van der Waals surface area contributed by atoms with E-state index in [4.69, 9.17) is 18.9 Å². The number of piperidine rings is 2. The summed E-state index contributed by atoms with van der Waals surface area (Å²) in [6.45, 7) is 18.9. The van der Waals surface area contributed by atoms with Crippen LogP contribution < -0.4 is 10.6 Å². The fraction of sp³-hybridized carbons (Fsp3) is 0.714. The number of rotatable bonds is 6. The zero-order valence-corrected chi connectivity index (χ0v) is 36.8. The van der Waals surface area contributed by atoms with E-state index in [9.17, 15) is 19.2 Å². The number of aromatic nitrogens is 2. The molecule has 15 nitrogen and oxygen atoms in total. The fourth-order valence-electron chi connectivity index (χ4n) is 5.39. The molecule has 55 heavy (non-hydrogen) atoms. The number of ether oxygens (including phenoxy) is 4. The van der Waals surface area contributed by atoms with Crippen molar-refractivity contribution in [2.75, 3.05) is 13.1 Å². The molecule has 0 bridgehead atoms. The second-order valence-corrected chi connectivity index (χ2v) is 18.6. The molecule has 0 aliphatic carbocycles. The van der Waals surface area contributed by atoms with Crippen LogP contribution in [0.15, 0.2) is 25.9 Å². The molecular formula is C35H58BBrN7O8S3. The molecule has 2 saturated heterocycles. The predicted octanol–water partition coefficient (Wildman–Crippen LogP) is 9.02. The molecule has 4 atom stereocenters. The predicted molar refractivity (Wildman–Crippen MR) is 223 cm³/mol. The van der Waals surface area contributed by atoms with Crippen LogP contribution >= 0.6 is 51.4 Å². The van der Waals surface area contributed by atoms with Crippen molar-refractivity contribution in [3.63, 3.8) is 0 Å². The van der Waals surface area contributed by atoms with E-state index < -0.39 is 35.6 Å². The molecule has 4 amide bonds. The molecule has 4 heterocycles. The third kappa shape index (κ3) is 18.7. The maximum atomic E-state index is 12.7. The average molecular weight is 892 g/mol. The van der Waals surface area contributed by atoms with Crippen molar-refractivity contribution >= 4 is 83.4 Å². The molecule has 0 aromatic carbocycles. The number of carbonyl (C=O) groups is 4. The Morgan fingerprint density at radius 1 is 0.836 bits per heavy atom. The Hall–Kier alpha value is -2.97. The van der Waals surface area contributed by atoms with Gasteiger partial charge in [-0.3, -0.25) is 9.80 Å². The summed E-state index contributed by atoms with van der Waals surface area (Å²) in [5, 5.41) is 9.31. The van der Waals surface area contributed by atoms with Gasteiger partial charge in [0.2, 0.25) is 0 Å². The Morgan fingerprint density at radius 2 is 1.25 bits per heavy atom. The van der Waals surface area contributed by atoms with E-state index >= 15 is 0 Å². The van der Waals surface area contributed by atoms with Crippen LogP contribution in [0.3, 0.4) is 0 Å². The summed E-state index contributed by atoms with van der Waals surface area (Å²) in [5.41, 5.74) is -1.18. The quantitative estimate of drug-likeness (QED) is 0.144. The number of amides is 4. The number of likely N-dealkylation sites (tertiary alicyclic amines) is 2. The molecule has 2 aromatic rings. The third-order valence-corrected chi connectivity index (χ3v) is 9.72. The topological polar surface area (TPSA) is 174 Å². The van der Waals surface area contributed by atoms with Gasteiger partial charge in [-0.25, -0.2) is 29.1 Å². The molecule has 2 fully saturated rings. The zero-order chi connectivity index (χ0) is 40.8. The van der Waals surface area contributed by atoms with Gasteiger partial charge >= 0.3 is 49.1 Å². The number of halogens is 1. The van der Waals surface area contributed by atoms with Crippen LogP contribution in [-0.4, -0.2) is 100 Å². The Labute approximate surface area is 349 Å². The fourth-order valence-corrected chi connectivity index (χ4v) is 7.56. The number of thiazole rings is 2. The molecule has 1 radical (unpaired) electrons. The number of hydrogen-bond acceptors (Lipinski definition) is 14. The first kappa shape index (κ1) is 50.1. The van der Waals surface area contributed by atoms with Crippen LogP contribution in [0.5, 0.6) is 0 Å². The van der Waals surface area contributed by atoms with E-state index in [0.717, 1.165) is 26.6 Å². The van der Waals surface area contributed by atoms with Gasteiger partial charge in [0.1, 0.15) is 21.2 Å². The van der Waals surface area contributed by atoms with Gasteiger partial charge in [-0.2, -0.15) is 0 Å². The van der Waals surface area contributed by atoms with Crippen LogP contribution in [0.4, 0.5) is 19.2 Å². The van der Waals surface area contributed by atoms with Crippen molar-refractivity contribution in [3.8, 4) is 0 Å². The Kier molecular flexibility index (Phi) is 21.2. The molecule has 2 N–H and O–H groups in total. The molecule has 0 spiro atoms. The molecule has 0 saturated carbocycles. The summed E-state index contributed by atoms with van der Waals surface area (Å²) in [7, 11) is 4.34. The Balaban J connectivity index is 0.000000505. The summed E-state index contributed by atoms with van der Waals surface area (Å²) in [5.74, 6) is 0. The zero-order valence-electron chi connectivity index (χ0n) is 32.7. The van der Waals surface area contributed by atoms with Crippen LogP contribution in [0.2, 0.25) is 0 Å². The van der Waals surface area contributed by atoms with E-state index in [2.05, 4.69) is 61.3 Å². The molecular weight excluding hydrogens is 833 g/mol. The number of carbonyl (C=O) groups excluding carboxylic acids is 4. The van der Waals surface area contributed by atoms with Crippen LogP contribution in [0, 0.1) is 0 Å². The van der Waals surface area contributed by atoms with Gasteiger partial charge in [0.25, 0.3) is 0 Å². The van der Waals surface area contributed by atoms with Crippen LogP contribution in [0.25, 0.3) is 0 Å². The van der Waals surface area contributed by atoms with Gasteiger partial charge in [0.05, 0.1) is 46.4 Å². The normalized spacial score (nSPS) is 19.7. The molecule has 0 unspecified atom stereocenters. The summed E-state index contributed by atoms with van der Waals surface area (Å²) < 4.78 is 25.0. The van der Waals surface area contributed by atoms with Crippen LogP contribution in [0.1, 0.15) is 124 Å². The minimum absolute atomic E-state index is 0. The second-order valence-electron chi connectivity index (χ2n) is 15.0. The minimum atomic E-state index is -0.595. The summed E-state index contributed by atoms with van der Waals surface area (Å²) in [4.78, 5) is 61.2. The summed E-state index contributed by atoms with van der Waals surface area (Å²) in [6.07, 6.45) is 4.23. The van der Waals surface area contributed by atoms with Gasteiger partial charge in [0, 0.05) is 24.7 Å². The summed E-state index contributed by atoms with van der Waals surface area (Å²) in [6, 6.07) is -0.655. The maximum absolute atomic E-state index is 12.7. The molecule has 4 rings (SSSR count). The number of thiol groups is 1. The number of nitrogens with one attached hydrogen (secondary N) is 2. The first-order valence-corrected chi connectivity index (χ1v) is 20.5. The Morgan fingerprint density at radius 3 is 1.58 bits per heavy atom. The Bertz CT molecular complexity index is 1510. The van der Waals surface area contributed by atoms with Gasteiger partial charge in [-0.05, 0) is 111 Å². The molecule has 2 aliphatic heterocycles. The first-order chi connectivity index (χ1) is 25.1. The van der Waals surface area contributed by atoms with E-state index in [1.54, 1.807) is 49.9 Å². The van der Waals surface area contributed by atoms with E-state index in [0.29, 0.717) is 25.9 Å². The van der Waals surface area contributed by atoms with Crippen molar-refractivity contribution in [2.45, 2.75) is 150 Å². The number of nitrogens with zero attached hydrogens (tertiary/aromatic N) is 5. The molecule has 20 heteroatoms.